The van der Waals surface area contributed by atoms with Crippen molar-refractivity contribution in [1.82, 2.24) is 9.97 Å². The minimum absolute atomic E-state index is 0.275. The number of aryl methyl sites for hydroxylation is 1. The first-order valence-corrected chi connectivity index (χ1v) is 3.34. The molecule has 1 aromatic heterocycles. The Morgan fingerprint density at radius 2 is 2.45 bits per heavy atom. The number of nitrogens with two attached hydrogens (primary N) is 1. The van der Waals surface area contributed by atoms with Crippen molar-refractivity contribution in [3.05, 3.63) is 17.7 Å². The molecular formula is C7H9N3O. The Kier molecular flexibility index (Phi) is 2.15. The SMILES string of the molecule is CCc1ncc(N)c(C=O)n1. The molecule has 1 rings (SSSR count). The summed E-state index contributed by atoms with van der Waals surface area (Å²) in [6.07, 6.45) is 2.80. The molecule has 58 valence electrons. The standard InChI is InChI=1S/C7H9N3O/c1-2-7-9-3-5(8)6(4-11)10-7/h3-4H,2,8H2,1H3. The fraction of sp³-hybridized carbons (Fsp3) is 0.286. The second kappa shape index (κ2) is 3.09. The van der Waals surface area contributed by atoms with Crippen LogP contribution in [0.25, 0.3) is 0 Å². The second-order valence-corrected chi connectivity index (χ2v) is 2.10. The van der Waals surface area contributed by atoms with E-state index in [4.69, 9.17) is 5.73 Å². The molecular weight excluding hydrogens is 142 g/mol. The smallest absolute Gasteiger partial charge is 0.170 e. The highest BCUT2D eigenvalue weighted by atomic mass is 16.1. The van der Waals surface area contributed by atoms with Crippen LogP contribution in [0.15, 0.2) is 6.20 Å². The number of aldehydes is 1. The van der Waals surface area contributed by atoms with Crippen LogP contribution in [-0.4, -0.2) is 16.3 Å². The third-order valence-corrected chi connectivity index (χ3v) is 1.33. The number of anilines is 1. The summed E-state index contributed by atoms with van der Waals surface area (Å²) in [6.45, 7) is 1.92. The van der Waals surface area contributed by atoms with Crippen LogP contribution in [0.1, 0.15) is 23.2 Å². The van der Waals surface area contributed by atoms with Gasteiger partial charge in [-0.1, -0.05) is 6.92 Å². The van der Waals surface area contributed by atoms with E-state index in [1.807, 2.05) is 6.92 Å². The predicted octanol–water partition coefficient (Wildman–Crippen LogP) is 0.434. The normalized spacial score (nSPS) is 9.55. The van der Waals surface area contributed by atoms with Gasteiger partial charge in [-0.15, -0.1) is 0 Å². The molecule has 0 aliphatic rings. The Morgan fingerprint density at radius 3 is 3.00 bits per heavy atom. The first-order chi connectivity index (χ1) is 5.27. The first-order valence-electron chi connectivity index (χ1n) is 3.34. The van der Waals surface area contributed by atoms with Gasteiger partial charge in [0.2, 0.25) is 0 Å². The molecule has 0 saturated heterocycles. The molecule has 0 bridgehead atoms. The van der Waals surface area contributed by atoms with Crippen LogP contribution in [0.5, 0.6) is 0 Å². The molecule has 2 N–H and O–H groups in total. The van der Waals surface area contributed by atoms with Gasteiger partial charge < -0.3 is 5.73 Å². The van der Waals surface area contributed by atoms with E-state index in [1.54, 1.807) is 0 Å². The molecule has 0 radical (unpaired) electrons. The topological polar surface area (TPSA) is 68.9 Å². The Balaban J connectivity index is 3.12. The Bertz CT molecular complexity index is 272. The lowest BCUT2D eigenvalue weighted by molar-refractivity contribution is 0.111. The molecule has 0 aliphatic carbocycles. The quantitative estimate of drug-likeness (QED) is 0.622. The summed E-state index contributed by atoms with van der Waals surface area (Å²) in [5.41, 5.74) is 6.00. The van der Waals surface area contributed by atoms with Gasteiger partial charge in [-0.25, -0.2) is 9.97 Å². The molecule has 0 aliphatic heterocycles. The van der Waals surface area contributed by atoms with Gasteiger partial charge in [0.25, 0.3) is 0 Å². The Labute approximate surface area is 64.5 Å². The first kappa shape index (κ1) is 7.65. The van der Waals surface area contributed by atoms with Gasteiger partial charge in [0.15, 0.2) is 6.29 Å². The third-order valence-electron chi connectivity index (χ3n) is 1.33. The molecule has 0 amide bonds. The lowest BCUT2D eigenvalue weighted by Gasteiger charge is -1.98. The van der Waals surface area contributed by atoms with Gasteiger partial charge in [0.05, 0.1) is 11.9 Å². The lowest BCUT2D eigenvalue weighted by Crippen LogP contribution is -2.01. The molecule has 0 aromatic carbocycles. The number of carbonyl (C=O) groups excluding carboxylic acids is 1. The monoisotopic (exact) mass is 151 g/mol. The average molecular weight is 151 g/mol. The highest BCUT2D eigenvalue weighted by Crippen LogP contribution is 2.03. The summed E-state index contributed by atoms with van der Waals surface area (Å²) in [6, 6.07) is 0. The number of hydrogen-bond acceptors (Lipinski definition) is 4. The van der Waals surface area contributed by atoms with Gasteiger partial charge in [-0.05, 0) is 0 Å². The van der Waals surface area contributed by atoms with Gasteiger partial charge in [-0.3, -0.25) is 4.79 Å². The van der Waals surface area contributed by atoms with E-state index in [9.17, 15) is 4.79 Å². The van der Waals surface area contributed by atoms with E-state index in [0.29, 0.717) is 24.2 Å². The third kappa shape index (κ3) is 1.52. The number of nitrogen functional groups attached to an aromatic ring is 1. The van der Waals surface area contributed by atoms with Crippen LogP contribution >= 0.6 is 0 Å². The van der Waals surface area contributed by atoms with Gasteiger partial charge in [-0.2, -0.15) is 0 Å². The molecule has 11 heavy (non-hydrogen) atoms. The van der Waals surface area contributed by atoms with Crippen LogP contribution in [0.4, 0.5) is 5.69 Å². The largest absolute Gasteiger partial charge is 0.396 e. The lowest BCUT2D eigenvalue weighted by atomic mass is 10.3. The van der Waals surface area contributed by atoms with Crippen molar-refractivity contribution in [3.63, 3.8) is 0 Å². The van der Waals surface area contributed by atoms with E-state index in [1.165, 1.54) is 6.20 Å². The van der Waals surface area contributed by atoms with Crippen LogP contribution in [0.3, 0.4) is 0 Å². The van der Waals surface area contributed by atoms with Crippen molar-refractivity contribution in [2.45, 2.75) is 13.3 Å². The Morgan fingerprint density at radius 1 is 1.73 bits per heavy atom. The summed E-state index contributed by atoms with van der Waals surface area (Å²) in [7, 11) is 0. The summed E-state index contributed by atoms with van der Waals surface area (Å²) in [5, 5.41) is 0. The number of carbonyl (C=O) groups is 1. The number of hydrogen-bond donors (Lipinski definition) is 1. The molecule has 0 fully saturated rings. The molecule has 1 heterocycles. The zero-order chi connectivity index (χ0) is 8.27. The van der Waals surface area contributed by atoms with Crippen molar-refractivity contribution in [3.8, 4) is 0 Å². The zero-order valence-corrected chi connectivity index (χ0v) is 6.24. The van der Waals surface area contributed by atoms with Crippen molar-refractivity contribution in [2.75, 3.05) is 5.73 Å². The van der Waals surface area contributed by atoms with E-state index in [2.05, 4.69) is 9.97 Å². The highest BCUT2D eigenvalue weighted by Gasteiger charge is 2.00. The minimum atomic E-state index is 0.275. The minimum Gasteiger partial charge on any atom is -0.396 e. The van der Waals surface area contributed by atoms with E-state index in [-0.39, 0.29) is 5.69 Å². The molecule has 0 atom stereocenters. The summed E-state index contributed by atoms with van der Waals surface area (Å²) >= 11 is 0. The molecule has 0 spiro atoms. The average Bonchev–Trinajstić information content (AvgIpc) is 2.05. The van der Waals surface area contributed by atoms with E-state index >= 15 is 0 Å². The van der Waals surface area contributed by atoms with Gasteiger partial charge in [0.1, 0.15) is 11.5 Å². The highest BCUT2D eigenvalue weighted by molar-refractivity contribution is 5.79. The molecule has 1 aromatic rings. The second-order valence-electron chi connectivity index (χ2n) is 2.10. The van der Waals surface area contributed by atoms with E-state index in [0.717, 1.165) is 0 Å². The van der Waals surface area contributed by atoms with Crippen molar-refractivity contribution in [1.29, 1.82) is 0 Å². The molecule has 4 nitrogen and oxygen atoms in total. The maximum atomic E-state index is 10.3. The molecule has 0 saturated carbocycles. The number of nitrogens with zero attached hydrogens (tertiary/aromatic N) is 2. The molecule has 4 heteroatoms. The predicted molar refractivity (Wildman–Crippen MR) is 41.2 cm³/mol. The van der Waals surface area contributed by atoms with Crippen LogP contribution in [0.2, 0.25) is 0 Å². The number of rotatable bonds is 2. The van der Waals surface area contributed by atoms with Gasteiger partial charge >= 0.3 is 0 Å². The maximum absolute atomic E-state index is 10.3. The summed E-state index contributed by atoms with van der Waals surface area (Å²) in [4.78, 5) is 18.1. The molecule has 0 unspecified atom stereocenters. The van der Waals surface area contributed by atoms with Gasteiger partial charge in [0, 0.05) is 6.42 Å². The maximum Gasteiger partial charge on any atom is 0.170 e. The fourth-order valence-electron chi connectivity index (χ4n) is 0.707. The van der Waals surface area contributed by atoms with Crippen LogP contribution < -0.4 is 5.73 Å². The van der Waals surface area contributed by atoms with Crippen LogP contribution in [-0.2, 0) is 6.42 Å². The van der Waals surface area contributed by atoms with Crippen molar-refractivity contribution in [2.24, 2.45) is 0 Å². The van der Waals surface area contributed by atoms with E-state index < -0.39 is 0 Å². The number of aromatic nitrogens is 2. The summed E-state index contributed by atoms with van der Waals surface area (Å²) < 4.78 is 0. The summed E-state index contributed by atoms with van der Waals surface area (Å²) in [5.74, 6) is 0.640. The van der Waals surface area contributed by atoms with Crippen molar-refractivity contribution < 1.29 is 4.79 Å². The van der Waals surface area contributed by atoms with Crippen molar-refractivity contribution >= 4 is 12.0 Å². The zero-order valence-electron chi connectivity index (χ0n) is 6.24. The fourth-order valence-corrected chi connectivity index (χ4v) is 0.707. The Hall–Kier alpha value is -1.45. The van der Waals surface area contributed by atoms with Crippen LogP contribution in [0, 0.1) is 0 Å².